The van der Waals surface area contributed by atoms with Crippen LogP contribution in [0.1, 0.15) is 5.69 Å². The molecule has 1 N–H and O–H groups in total. The van der Waals surface area contributed by atoms with Gasteiger partial charge in [-0.25, -0.2) is 4.98 Å². The van der Waals surface area contributed by atoms with Crippen molar-refractivity contribution in [2.45, 2.75) is 6.92 Å². The highest BCUT2D eigenvalue weighted by atomic mass is 35.5. The lowest BCUT2D eigenvalue weighted by Gasteiger charge is -2.09. The third kappa shape index (κ3) is 2.77. The summed E-state index contributed by atoms with van der Waals surface area (Å²) in [5.41, 5.74) is 3.55. The molecule has 2 heterocycles. The maximum Gasteiger partial charge on any atom is 0.165 e. The molecule has 0 amide bonds. The van der Waals surface area contributed by atoms with E-state index in [9.17, 15) is 0 Å². The molecule has 114 valence electrons. The first kappa shape index (κ1) is 14.8. The predicted octanol–water partition coefficient (Wildman–Crippen LogP) is 3.42. The number of nitrogens with one attached hydrogen (secondary N) is 1. The van der Waals surface area contributed by atoms with Crippen molar-refractivity contribution < 1.29 is 4.74 Å². The third-order valence-corrected chi connectivity index (χ3v) is 3.71. The van der Waals surface area contributed by atoms with Crippen LogP contribution in [-0.4, -0.2) is 34.9 Å². The van der Waals surface area contributed by atoms with E-state index in [0.29, 0.717) is 18.2 Å². The number of fused-ring (bicyclic) bond motifs is 1. The van der Waals surface area contributed by atoms with Crippen LogP contribution in [0.5, 0.6) is 0 Å². The summed E-state index contributed by atoms with van der Waals surface area (Å²) in [4.78, 5) is 4.61. The topological polar surface area (TPSA) is 51.5 Å². The number of hydrogen-bond acceptors (Lipinski definition) is 4. The standard InChI is InChI=1S/C16H17ClN4O/c1-11-9-15(18-7-8-22-2)21-16(20-11)13(10-19-21)12-5-3-4-6-14(12)17/h3-6,9-10,18H,7-8H2,1-2H3. The van der Waals surface area contributed by atoms with Crippen LogP contribution >= 0.6 is 11.6 Å². The largest absolute Gasteiger partial charge is 0.383 e. The number of aryl methyl sites for hydroxylation is 1. The van der Waals surface area contributed by atoms with Gasteiger partial charge in [-0.3, -0.25) is 0 Å². The Kier molecular flexibility index (Phi) is 4.27. The number of ether oxygens (including phenoxy) is 1. The summed E-state index contributed by atoms with van der Waals surface area (Å²) in [5, 5.41) is 8.45. The van der Waals surface area contributed by atoms with Crippen LogP contribution in [0.2, 0.25) is 5.02 Å². The Labute approximate surface area is 133 Å². The molecule has 0 unspecified atom stereocenters. The number of hydrogen-bond donors (Lipinski definition) is 1. The van der Waals surface area contributed by atoms with Crippen molar-refractivity contribution in [2.75, 3.05) is 25.6 Å². The van der Waals surface area contributed by atoms with Gasteiger partial charge >= 0.3 is 0 Å². The molecule has 0 aliphatic rings. The molecule has 3 rings (SSSR count). The summed E-state index contributed by atoms with van der Waals surface area (Å²) in [7, 11) is 1.68. The second-order valence-corrected chi connectivity index (χ2v) is 5.38. The minimum absolute atomic E-state index is 0.626. The first-order chi connectivity index (χ1) is 10.7. The smallest absolute Gasteiger partial charge is 0.165 e. The number of anilines is 1. The molecule has 2 aromatic heterocycles. The lowest BCUT2D eigenvalue weighted by molar-refractivity contribution is 0.210. The zero-order chi connectivity index (χ0) is 15.5. The lowest BCUT2D eigenvalue weighted by atomic mass is 10.1. The first-order valence-corrected chi connectivity index (χ1v) is 7.41. The fourth-order valence-corrected chi connectivity index (χ4v) is 2.60. The van der Waals surface area contributed by atoms with Crippen molar-refractivity contribution in [2.24, 2.45) is 0 Å². The van der Waals surface area contributed by atoms with Crippen LogP contribution < -0.4 is 5.32 Å². The van der Waals surface area contributed by atoms with E-state index in [2.05, 4.69) is 15.4 Å². The van der Waals surface area contributed by atoms with Gasteiger partial charge in [0.2, 0.25) is 0 Å². The van der Waals surface area contributed by atoms with Crippen LogP contribution in [0.3, 0.4) is 0 Å². The molecule has 0 saturated heterocycles. The van der Waals surface area contributed by atoms with E-state index in [0.717, 1.165) is 28.3 Å². The summed E-state index contributed by atoms with van der Waals surface area (Å²) in [6.07, 6.45) is 1.80. The highest BCUT2D eigenvalue weighted by Gasteiger charge is 2.13. The van der Waals surface area contributed by atoms with Crippen LogP contribution in [-0.2, 0) is 4.74 Å². The van der Waals surface area contributed by atoms with Crippen molar-refractivity contribution >= 4 is 23.1 Å². The average Bonchev–Trinajstić information content (AvgIpc) is 2.91. The van der Waals surface area contributed by atoms with Gasteiger partial charge in [-0.1, -0.05) is 29.8 Å². The van der Waals surface area contributed by atoms with Crippen molar-refractivity contribution in [3.8, 4) is 11.1 Å². The Morgan fingerprint density at radius 3 is 2.86 bits per heavy atom. The molecule has 6 heteroatoms. The van der Waals surface area contributed by atoms with Crippen molar-refractivity contribution in [1.29, 1.82) is 0 Å². The van der Waals surface area contributed by atoms with Crippen molar-refractivity contribution in [3.63, 3.8) is 0 Å². The van der Waals surface area contributed by atoms with E-state index in [4.69, 9.17) is 16.3 Å². The fourth-order valence-electron chi connectivity index (χ4n) is 2.36. The summed E-state index contributed by atoms with van der Waals surface area (Å²) >= 11 is 6.30. The minimum atomic E-state index is 0.626. The fraction of sp³-hybridized carbons (Fsp3) is 0.250. The number of benzene rings is 1. The van der Waals surface area contributed by atoms with Gasteiger partial charge in [0.1, 0.15) is 5.82 Å². The van der Waals surface area contributed by atoms with E-state index >= 15 is 0 Å². The maximum absolute atomic E-state index is 6.30. The highest BCUT2D eigenvalue weighted by Crippen LogP contribution is 2.31. The molecule has 0 aliphatic carbocycles. The van der Waals surface area contributed by atoms with E-state index in [1.807, 2.05) is 37.3 Å². The number of aromatic nitrogens is 3. The molecule has 0 spiro atoms. The van der Waals surface area contributed by atoms with Crippen LogP contribution in [0.4, 0.5) is 5.82 Å². The van der Waals surface area contributed by atoms with Crippen LogP contribution in [0.25, 0.3) is 16.8 Å². The zero-order valence-corrected chi connectivity index (χ0v) is 13.3. The summed E-state index contributed by atoms with van der Waals surface area (Å²) in [6, 6.07) is 9.67. The molecule has 0 radical (unpaired) electrons. The SMILES string of the molecule is COCCNc1cc(C)nc2c(-c3ccccc3Cl)cnn12. The number of halogens is 1. The Balaban J connectivity index is 2.09. The molecular weight excluding hydrogens is 300 g/mol. The van der Waals surface area contributed by atoms with Gasteiger partial charge in [0, 0.05) is 41.6 Å². The Morgan fingerprint density at radius 2 is 2.09 bits per heavy atom. The predicted molar refractivity (Wildman–Crippen MR) is 88.5 cm³/mol. The van der Waals surface area contributed by atoms with Gasteiger partial charge in [0.25, 0.3) is 0 Å². The molecule has 5 nitrogen and oxygen atoms in total. The quantitative estimate of drug-likeness (QED) is 0.733. The number of nitrogens with zero attached hydrogens (tertiary/aromatic N) is 3. The van der Waals surface area contributed by atoms with Gasteiger partial charge in [-0.15, -0.1) is 0 Å². The van der Waals surface area contributed by atoms with Gasteiger partial charge in [0.15, 0.2) is 5.65 Å². The number of methoxy groups -OCH3 is 1. The summed E-state index contributed by atoms with van der Waals surface area (Å²) in [5.74, 6) is 0.887. The number of rotatable bonds is 5. The highest BCUT2D eigenvalue weighted by molar-refractivity contribution is 6.33. The second-order valence-electron chi connectivity index (χ2n) is 4.98. The maximum atomic E-state index is 6.30. The van der Waals surface area contributed by atoms with Crippen molar-refractivity contribution in [3.05, 3.63) is 47.2 Å². The Hall–Kier alpha value is -2.11. The van der Waals surface area contributed by atoms with Crippen molar-refractivity contribution in [1.82, 2.24) is 14.6 Å². The van der Waals surface area contributed by atoms with Crippen LogP contribution in [0.15, 0.2) is 36.5 Å². The van der Waals surface area contributed by atoms with E-state index in [-0.39, 0.29) is 0 Å². The van der Waals surface area contributed by atoms with E-state index in [1.54, 1.807) is 17.8 Å². The zero-order valence-electron chi connectivity index (χ0n) is 12.5. The van der Waals surface area contributed by atoms with Gasteiger partial charge in [-0.2, -0.15) is 9.61 Å². The first-order valence-electron chi connectivity index (χ1n) is 7.04. The van der Waals surface area contributed by atoms with Crippen LogP contribution in [0, 0.1) is 6.92 Å². The molecule has 0 saturated carbocycles. The molecule has 22 heavy (non-hydrogen) atoms. The molecule has 0 fully saturated rings. The van der Waals surface area contributed by atoms with Gasteiger partial charge < -0.3 is 10.1 Å². The van der Waals surface area contributed by atoms with E-state index < -0.39 is 0 Å². The summed E-state index contributed by atoms with van der Waals surface area (Å²) in [6.45, 7) is 3.29. The average molecular weight is 317 g/mol. The molecule has 3 aromatic rings. The third-order valence-electron chi connectivity index (χ3n) is 3.38. The molecule has 0 atom stereocenters. The Bertz CT molecular complexity index is 800. The minimum Gasteiger partial charge on any atom is -0.383 e. The summed E-state index contributed by atoms with van der Waals surface area (Å²) < 4.78 is 6.86. The molecule has 0 bridgehead atoms. The molecular formula is C16H17ClN4O. The van der Waals surface area contributed by atoms with Gasteiger partial charge in [-0.05, 0) is 13.0 Å². The molecule has 0 aliphatic heterocycles. The van der Waals surface area contributed by atoms with Gasteiger partial charge in [0.05, 0.1) is 12.8 Å². The normalized spacial score (nSPS) is 11.0. The monoisotopic (exact) mass is 316 g/mol. The lowest BCUT2D eigenvalue weighted by Crippen LogP contribution is -2.11. The molecule has 1 aromatic carbocycles. The Morgan fingerprint density at radius 1 is 1.27 bits per heavy atom. The second kappa shape index (κ2) is 6.34. The van der Waals surface area contributed by atoms with E-state index in [1.165, 1.54) is 0 Å².